The second-order valence-corrected chi connectivity index (χ2v) is 6.39. The molecule has 0 spiro atoms. The number of aromatic nitrogens is 2. The van der Waals surface area contributed by atoms with Crippen molar-refractivity contribution in [3.63, 3.8) is 0 Å². The molecular formula is C16H26N4O2. The lowest BCUT2D eigenvalue weighted by Gasteiger charge is -2.27. The van der Waals surface area contributed by atoms with E-state index < -0.39 is 0 Å². The van der Waals surface area contributed by atoms with Crippen LogP contribution in [0, 0.1) is 0 Å². The third-order valence-electron chi connectivity index (χ3n) is 4.45. The van der Waals surface area contributed by atoms with Crippen molar-refractivity contribution >= 4 is 11.6 Å². The van der Waals surface area contributed by atoms with Crippen LogP contribution >= 0.6 is 0 Å². The van der Waals surface area contributed by atoms with Crippen molar-refractivity contribution in [2.75, 3.05) is 30.0 Å². The molecule has 3 atom stereocenters. The first kappa shape index (κ1) is 15.5. The van der Waals surface area contributed by atoms with Crippen LogP contribution in [0.5, 0.6) is 0 Å². The van der Waals surface area contributed by atoms with Gasteiger partial charge >= 0.3 is 0 Å². The van der Waals surface area contributed by atoms with Crippen molar-refractivity contribution in [1.82, 2.24) is 9.97 Å². The quantitative estimate of drug-likeness (QED) is 0.864. The molecule has 1 aromatic heterocycles. The van der Waals surface area contributed by atoms with Gasteiger partial charge in [-0.05, 0) is 39.0 Å². The fourth-order valence-corrected chi connectivity index (χ4v) is 3.42. The third kappa shape index (κ3) is 3.87. The average Bonchev–Trinajstić information content (AvgIpc) is 2.96. The number of nitrogens with one attached hydrogen (secondary N) is 1. The van der Waals surface area contributed by atoms with E-state index >= 15 is 0 Å². The maximum Gasteiger partial charge on any atom is 0.134 e. The van der Waals surface area contributed by atoms with E-state index in [1.807, 2.05) is 13.0 Å². The molecule has 0 aromatic carbocycles. The standard InChI is InChI=1S/C16H26N4O2/c1-12(21)8-14-5-2-6-20(14)16-9-15(17-11-18-16)19-13-4-3-7-22-10-13/h9,11-14,21H,2-8,10H2,1H3,(H,17,18,19)/t12-,13+,14+/m0/s1. The van der Waals surface area contributed by atoms with E-state index in [1.165, 1.54) is 0 Å². The first-order valence-corrected chi connectivity index (χ1v) is 8.33. The highest BCUT2D eigenvalue weighted by Crippen LogP contribution is 2.27. The molecule has 0 radical (unpaired) electrons. The molecule has 2 saturated heterocycles. The summed E-state index contributed by atoms with van der Waals surface area (Å²) in [6, 6.07) is 2.73. The van der Waals surface area contributed by atoms with Crippen LogP contribution in [0.25, 0.3) is 0 Å². The molecule has 6 nitrogen and oxygen atoms in total. The van der Waals surface area contributed by atoms with E-state index in [2.05, 4.69) is 20.2 Å². The topological polar surface area (TPSA) is 70.5 Å². The van der Waals surface area contributed by atoms with Crippen LogP contribution in [0.2, 0.25) is 0 Å². The number of hydrogen-bond acceptors (Lipinski definition) is 6. The van der Waals surface area contributed by atoms with Gasteiger partial charge in [0.1, 0.15) is 18.0 Å². The fraction of sp³-hybridized carbons (Fsp3) is 0.750. The molecule has 2 fully saturated rings. The number of aliphatic hydroxyl groups excluding tert-OH is 1. The molecule has 0 saturated carbocycles. The lowest BCUT2D eigenvalue weighted by atomic mass is 10.1. The first-order chi connectivity index (χ1) is 10.7. The number of aliphatic hydroxyl groups is 1. The monoisotopic (exact) mass is 306 g/mol. The maximum atomic E-state index is 9.66. The van der Waals surface area contributed by atoms with Gasteiger partial charge in [-0.15, -0.1) is 0 Å². The van der Waals surface area contributed by atoms with Crippen molar-refractivity contribution in [3.8, 4) is 0 Å². The van der Waals surface area contributed by atoms with Gasteiger partial charge in [0.15, 0.2) is 0 Å². The van der Waals surface area contributed by atoms with Gasteiger partial charge in [-0.25, -0.2) is 9.97 Å². The van der Waals surface area contributed by atoms with Crippen molar-refractivity contribution < 1.29 is 9.84 Å². The van der Waals surface area contributed by atoms with Crippen molar-refractivity contribution in [2.24, 2.45) is 0 Å². The maximum absolute atomic E-state index is 9.66. The van der Waals surface area contributed by atoms with Crippen molar-refractivity contribution in [1.29, 1.82) is 0 Å². The highest BCUT2D eigenvalue weighted by Gasteiger charge is 2.27. The normalized spacial score (nSPS) is 26.9. The fourth-order valence-electron chi connectivity index (χ4n) is 3.42. The van der Waals surface area contributed by atoms with Crippen LogP contribution in [-0.2, 0) is 4.74 Å². The molecule has 6 heteroatoms. The molecule has 122 valence electrons. The highest BCUT2D eigenvalue weighted by molar-refractivity contribution is 5.50. The van der Waals surface area contributed by atoms with E-state index in [9.17, 15) is 5.11 Å². The number of anilines is 2. The van der Waals surface area contributed by atoms with Crippen LogP contribution in [0.4, 0.5) is 11.6 Å². The number of ether oxygens (including phenoxy) is 1. The lowest BCUT2D eigenvalue weighted by molar-refractivity contribution is 0.0875. The van der Waals surface area contributed by atoms with E-state index in [4.69, 9.17) is 4.74 Å². The molecule has 0 unspecified atom stereocenters. The van der Waals surface area contributed by atoms with Gasteiger partial charge < -0.3 is 20.1 Å². The van der Waals surface area contributed by atoms with E-state index in [-0.39, 0.29) is 6.10 Å². The van der Waals surface area contributed by atoms with Crippen LogP contribution < -0.4 is 10.2 Å². The lowest BCUT2D eigenvalue weighted by Crippen LogP contribution is -2.33. The van der Waals surface area contributed by atoms with Gasteiger partial charge in [-0.1, -0.05) is 0 Å². The summed E-state index contributed by atoms with van der Waals surface area (Å²) < 4.78 is 5.50. The predicted molar refractivity (Wildman–Crippen MR) is 86.2 cm³/mol. The predicted octanol–water partition coefficient (Wildman–Crippen LogP) is 1.81. The van der Waals surface area contributed by atoms with Gasteiger partial charge in [0.25, 0.3) is 0 Å². The van der Waals surface area contributed by atoms with Crippen LogP contribution in [0.1, 0.15) is 39.0 Å². The van der Waals surface area contributed by atoms with Crippen LogP contribution in [-0.4, -0.2) is 53.0 Å². The summed E-state index contributed by atoms with van der Waals surface area (Å²) in [4.78, 5) is 11.1. The second kappa shape index (κ2) is 7.24. The molecule has 2 aliphatic heterocycles. The SMILES string of the molecule is C[C@H](O)C[C@H]1CCCN1c1cc(N[C@@H]2CCCOC2)ncn1. The van der Waals surface area contributed by atoms with Gasteiger partial charge in [0.2, 0.25) is 0 Å². The first-order valence-electron chi connectivity index (χ1n) is 8.33. The minimum atomic E-state index is -0.274. The second-order valence-electron chi connectivity index (χ2n) is 6.39. The Hall–Kier alpha value is -1.40. The summed E-state index contributed by atoms with van der Waals surface area (Å²) in [5.41, 5.74) is 0. The Morgan fingerprint density at radius 1 is 1.41 bits per heavy atom. The zero-order valence-corrected chi connectivity index (χ0v) is 13.2. The molecule has 0 bridgehead atoms. The Bertz CT molecular complexity index is 477. The number of nitrogens with zero attached hydrogens (tertiary/aromatic N) is 3. The number of hydrogen-bond donors (Lipinski definition) is 2. The van der Waals surface area contributed by atoms with Crippen molar-refractivity contribution in [2.45, 2.75) is 57.2 Å². The molecular weight excluding hydrogens is 280 g/mol. The Morgan fingerprint density at radius 3 is 3.09 bits per heavy atom. The minimum absolute atomic E-state index is 0.274. The summed E-state index contributed by atoms with van der Waals surface area (Å²) in [7, 11) is 0. The van der Waals surface area contributed by atoms with Gasteiger partial charge in [-0.2, -0.15) is 0 Å². The number of rotatable bonds is 5. The Labute approximate surface area is 131 Å². The summed E-state index contributed by atoms with van der Waals surface area (Å²) in [6.07, 6.45) is 6.63. The van der Waals surface area contributed by atoms with E-state index in [1.54, 1.807) is 6.33 Å². The molecule has 2 aliphatic rings. The molecule has 3 heterocycles. The third-order valence-corrected chi connectivity index (χ3v) is 4.45. The largest absolute Gasteiger partial charge is 0.393 e. The minimum Gasteiger partial charge on any atom is -0.393 e. The molecule has 1 aromatic rings. The van der Waals surface area contributed by atoms with Gasteiger partial charge in [0, 0.05) is 25.3 Å². The van der Waals surface area contributed by atoms with Crippen LogP contribution in [0.3, 0.4) is 0 Å². The van der Waals surface area contributed by atoms with E-state index in [0.717, 1.165) is 63.5 Å². The van der Waals surface area contributed by atoms with Crippen LogP contribution in [0.15, 0.2) is 12.4 Å². The molecule has 2 N–H and O–H groups in total. The zero-order valence-electron chi connectivity index (χ0n) is 13.2. The average molecular weight is 306 g/mol. The Balaban J connectivity index is 1.67. The summed E-state index contributed by atoms with van der Waals surface area (Å²) in [5.74, 6) is 1.82. The smallest absolute Gasteiger partial charge is 0.134 e. The summed E-state index contributed by atoms with van der Waals surface area (Å²) >= 11 is 0. The Kier molecular flexibility index (Phi) is 5.10. The molecule has 0 amide bonds. The molecule has 22 heavy (non-hydrogen) atoms. The Morgan fingerprint density at radius 2 is 2.32 bits per heavy atom. The summed E-state index contributed by atoms with van der Waals surface area (Å²) in [5, 5.41) is 13.1. The van der Waals surface area contributed by atoms with E-state index in [0.29, 0.717) is 12.1 Å². The molecule has 0 aliphatic carbocycles. The zero-order chi connectivity index (χ0) is 15.4. The summed E-state index contributed by atoms with van der Waals surface area (Å²) in [6.45, 7) is 4.46. The highest BCUT2D eigenvalue weighted by atomic mass is 16.5. The van der Waals surface area contributed by atoms with Gasteiger partial charge in [0.05, 0.1) is 18.8 Å². The van der Waals surface area contributed by atoms with Crippen molar-refractivity contribution in [3.05, 3.63) is 12.4 Å². The molecule has 3 rings (SSSR count). The van der Waals surface area contributed by atoms with Gasteiger partial charge in [-0.3, -0.25) is 0 Å².